The number of rotatable bonds is 1. The van der Waals surface area contributed by atoms with Crippen LogP contribution in [0.3, 0.4) is 0 Å². The molecular weight excluding hydrogens is 164 g/mol. The van der Waals surface area contributed by atoms with Crippen LogP contribution in [0.25, 0.3) is 0 Å². The molecule has 0 heterocycles. The molecule has 68 valence electrons. The summed E-state index contributed by atoms with van der Waals surface area (Å²) in [5.41, 5.74) is 12.3. The first-order chi connectivity index (χ1) is 6.14. The maximum atomic E-state index is 11.2. The lowest BCUT2D eigenvalue weighted by molar-refractivity contribution is -0.123. The van der Waals surface area contributed by atoms with Crippen LogP contribution in [0.2, 0.25) is 0 Å². The molecule has 1 aromatic rings. The summed E-state index contributed by atoms with van der Waals surface area (Å²) in [7, 11) is 0. The molecule has 1 amide bonds. The molecule has 1 aliphatic carbocycles. The molecule has 4 N–H and O–H groups in total. The molecule has 1 unspecified atom stereocenters. The summed E-state index contributed by atoms with van der Waals surface area (Å²) < 4.78 is 0. The summed E-state index contributed by atoms with van der Waals surface area (Å²) >= 11 is 0. The maximum Gasteiger partial charge on any atom is 0.242 e. The molecule has 0 aromatic heterocycles. The normalized spacial score (nSPS) is 25.6. The lowest BCUT2D eigenvalue weighted by Crippen LogP contribution is -2.47. The summed E-state index contributed by atoms with van der Waals surface area (Å²) in [6.45, 7) is 0. The van der Waals surface area contributed by atoms with Crippen molar-refractivity contribution in [3.8, 4) is 0 Å². The van der Waals surface area contributed by atoms with E-state index in [9.17, 15) is 4.79 Å². The highest BCUT2D eigenvalue weighted by molar-refractivity contribution is 5.87. The molecule has 3 nitrogen and oxygen atoms in total. The predicted octanol–water partition coefficient (Wildman–Crippen LogP) is 0.272. The van der Waals surface area contributed by atoms with E-state index in [1.165, 1.54) is 0 Å². The number of hydrogen-bond acceptors (Lipinski definition) is 2. The van der Waals surface area contributed by atoms with Gasteiger partial charge < -0.3 is 11.5 Å². The van der Waals surface area contributed by atoms with Gasteiger partial charge in [0.2, 0.25) is 5.91 Å². The fourth-order valence-corrected chi connectivity index (χ4v) is 1.90. The van der Waals surface area contributed by atoms with Crippen molar-refractivity contribution in [2.24, 2.45) is 11.5 Å². The van der Waals surface area contributed by atoms with E-state index in [-0.39, 0.29) is 0 Å². The summed E-state index contributed by atoms with van der Waals surface area (Å²) in [6, 6.07) is 7.71. The quantitative estimate of drug-likeness (QED) is 0.645. The van der Waals surface area contributed by atoms with Gasteiger partial charge in [0.25, 0.3) is 0 Å². The molecule has 2 rings (SSSR count). The van der Waals surface area contributed by atoms with Gasteiger partial charge in [-0.15, -0.1) is 0 Å². The molecule has 1 aromatic carbocycles. The summed E-state index contributed by atoms with van der Waals surface area (Å²) in [5, 5.41) is 0. The molecular formula is C10H12N2O. The van der Waals surface area contributed by atoms with Gasteiger partial charge in [0, 0.05) is 0 Å². The lowest BCUT2D eigenvalue weighted by Gasteiger charge is -2.20. The highest BCUT2D eigenvalue weighted by atomic mass is 16.1. The Kier molecular flexibility index (Phi) is 1.63. The average Bonchev–Trinajstić information content (AvgIpc) is 2.47. The van der Waals surface area contributed by atoms with Crippen molar-refractivity contribution in [3.05, 3.63) is 35.4 Å². The zero-order valence-corrected chi connectivity index (χ0v) is 7.29. The molecule has 0 spiro atoms. The largest absolute Gasteiger partial charge is 0.368 e. The van der Waals surface area contributed by atoms with Gasteiger partial charge in [-0.2, -0.15) is 0 Å². The number of amides is 1. The van der Waals surface area contributed by atoms with Crippen LogP contribution in [0.15, 0.2) is 24.3 Å². The molecule has 1 aliphatic rings. The van der Waals surface area contributed by atoms with Crippen molar-refractivity contribution in [2.45, 2.75) is 18.4 Å². The molecule has 0 radical (unpaired) electrons. The Balaban J connectivity index is 2.55. The number of primary amides is 1. The fourth-order valence-electron chi connectivity index (χ4n) is 1.90. The minimum Gasteiger partial charge on any atom is -0.368 e. The van der Waals surface area contributed by atoms with Crippen molar-refractivity contribution >= 4 is 5.91 Å². The van der Waals surface area contributed by atoms with E-state index in [0.717, 1.165) is 17.5 Å². The van der Waals surface area contributed by atoms with Crippen molar-refractivity contribution < 1.29 is 4.79 Å². The third-order valence-electron chi connectivity index (χ3n) is 2.73. The topological polar surface area (TPSA) is 69.1 Å². The number of carbonyl (C=O) groups excluding carboxylic acids is 1. The first-order valence-electron chi connectivity index (χ1n) is 4.32. The van der Waals surface area contributed by atoms with E-state index in [1.54, 1.807) is 0 Å². The maximum absolute atomic E-state index is 11.2. The Morgan fingerprint density at radius 1 is 1.38 bits per heavy atom. The van der Waals surface area contributed by atoms with Crippen molar-refractivity contribution in [1.82, 2.24) is 0 Å². The number of nitrogens with two attached hydrogens (primary N) is 2. The second kappa shape index (κ2) is 2.57. The zero-order valence-electron chi connectivity index (χ0n) is 7.29. The molecule has 0 aliphatic heterocycles. The van der Waals surface area contributed by atoms with Gasteiger partial charge in [0.05, 0.1) is 0 Å². The summed E-state index contributed by atoms with van der Waals surface area (Å²) in [5.74, 6) is -0.433. The zero-order chi connectivity index (χ0) is 9.47. The molecule has 0 bridgehead atoms. The number of fused-ring (bicyclic) bond motifs is 1. The lowest BCUT2D eigenvalue weighted by atomic mass is 9.92. The van der Waals surface area contributed by atoms with Gasteiger partial charge >= 0.3 is 0 Å². The van der Waals surface area contributed by atoms with E-state index < -0.39 is 11.4 Å². The van der Waals surface area contributed by atoms with Gasteiger partial charge in [0.15, 0.2) is 0 Å². The van der Waals surface area contributed by atoms with E-state index >= 15 is 0 Å². The molecule has 0 saturated heterocycles. The van der Waals surface area contributed by atoms with Crippen LogP contribution in [0.4, 0.5) is 0 Å². The van der Waals surface area contributed by atoms with E-state index in [4.69, 9.17) is 11.5 Å². The Hall–Kier alpha value is -1.35. The Labute approximate surface area is 76.7 Å². The monoisotopic (exact) mass is 176 g/mol. The van der Waals surface area contributed by atoms with Crippen molar-refractivity contribution in [1.29, 1.82) is 0 Å². The Morgan fingerprint density at radius 3 is 2.77 bits per heavy atom. The summed E-state index contributed by atoms with van der Waals surface area (Å²) in [4.78, 5) is 11.2. The Morgan fingerprint density at radius 2 is 2.08 bits per heavy atom. The van der Waals surface area contributed by atoms with Crippen LogP contribution in [-0.2, 0) is 16.8 Å². The van der Waals surface area contributed by atoms with E-state index in [1.807, 2.05) is 24.3 Å². The van der Waals surface area contributed by atoms with Gasteiger partial charge in [-0.25, -0.2) is 0 Å². The second-order valence-corrected chi connectivity index (χ2v) is 3.49. The highest BCUT2D eigenvalue weighted by Crippen LogP contribution is 2.34. The van der Waals surface area contributed by atoms with Crippen LogP contribution < -0.4 is 11.5 Å². The molecule has 0 saturated carbocycles. The first-order valence-corrected chi connectivity index (χ1v) is 4.32. The van der Waals surface area contributed by atoms with Crippen LogP contribution in [0.1, 0.15) is 17.5 Å². The third kappa shape index (κ3) is 1.04. The third-order valence-corrected chi connectivity index (χ3v) is 2.73. The molecule has 13 heavy (non-hydrogen) atoms. The van der Waals surface area contributed by atoms with Crippen LogP contribution in [0.5, 0.6) is 0 Å². The second-order valence-electron chi connectivity index (χ2n) is 3.49. The standard InChI is InChI=1S/C10H12N2O/c11-9(13)10(12)6-5-7-3-1-2-4-8(7)10/h1-4H,5-6,12H2,(H2,11,13). The fraction of sp³-hybridized carbons (Fsp3) is 0.300. The van der Waals surface area contributed by atoms with Crippen LogP contribution >= 0.6 is 0 Å². The molecule has 3 heteroatoms. The Bertz CT molecular complexity index is 362. The SMILES string of the molecule is NC(=O)C1(N)CCc2ccccc21. The van der Waals surface area contributed by atoms with Crippen molar-refractivity contribution in [3.63, 3.8) is 0 Å². The number of benzene rings is 1. The van der Waals surface area contributed by atoms with Gasteiger partial charge in [-0.3, -0.25) is 4.79 Å². The van der Waals surface area contributed by atoms with Crippen molar-refractivity contribution in [2.75, 3.05) is 0 Å². The average molecular weight is 176 g/mol. The molecule has 0 fully saturated rings. The predicted molar refractivity (Wildman–Crippen MR) is 49.8 cm³/mol. The first kappa shape index (κ1) is 8.26. The molecule has 1 atom stereocenters. The van der Waals surface area contributed by atoms with Gasteiger partial charge in [0.1, 0.15) is 5.54 Å². The van der Waals surface area contributed by atoms with Crippen LogP contribution in [-0.4, -0.2) is 5.91 Å². The smallest absolute Gasteiger partial charge is 0.242 e. The van der Waals surface area contributed by atoms with E-state index in [2.05, 4.69) is 0 Å². The number of hydrogen-bond donors (Lipinski definition) is 2. The minimum atomic E-state index is -0.934. The summed E-state index contributed by atoms with van der Waals surface area (Å²) in [6.07, 6.45) is 1.47. The number of aryl methyl sites for hydroxylation is 1. The van der Waals surface area contributed by atoms with Gasteiger partial charge in [-0.05, 0) is 24.0 Å². The van der Waals surface area contributed by atoms with E-state index in [0.29, 0.717) is 6.42 Å². The van der Waals surface area contributed by atoms with Crippen LogP contribution in [0, 0.1) is 0 Å². The van der Waals surface area contributed by atoms with Gasteiger partial charge in [-0.1, -0.05) is 24.3 Å². The number of carbonyl (C=O) groups is 1. The highest BCUT2D eigenvalue weighted by Gasteiger charge is 2.39. The minimum absolute atomic E-state index is 0.433.